The summed E-state index contributed by atoms with van der Waals surface area (Å²) in [6.07, 6.45) is 1.43. The molecule has 0 spiro atoms. The lowest BCUT2D eigenvalue weighted by Gasteiger charge is -2.41. The van der Waals surface area contributed by atoms with E-state index in [0.29, 0.717) is 25.3 Å². The minimum atomic E-state index is -0.722. The highest BCUT2D eigenvalue weighted by Crippen LogP contribution is 2.46. The number of rotatable bonds is 4. The standard InChI is InChI=1S/C12H21N3O/c1-10-7-12(8-10,9-13)11(16)15(4)6-5-14(2)3/h10H,5-8H2,1-4H3. The highest BCUT2D eigenvalue weighted by Gasteiger charge is 2.50. The van der Waals surface area contributed by atoms with Crippen molar-refractivity contribution in [2.45, 2.75) is 19.8 Å². The van der Waals surface area contributed by atoms with Gasteiger partial charge in [0.25, 0.3) is 0 Å². The van der Waals surface area contributed by atoms with E-state index in [2.05, 4.69) is 13.0 Å². The van der Waals surface area contributed by atoms with Gasteiger partial charge in [-0.1, -0.05) is 6.92 Å². The average molecular weight is 223 g/mol. The van der Waals surface area contributed by atoms with Crippen molar-refractivity contribution >= 4 is 5.91 Å². The summed E-state index contributed by atoms with van der Waals surface area (Å²) in [4.78, 5) is 15.8. The largest absolute Gasteiger partial charge is 0.343 e. The fourth-order valence-electron chi connectivity index (χ4n) is 2.26. The predicted molar refractivity (Wildman–Crippen MR) is 62.6 cm³/mol. The van der Waals surface area contributed by atoms with E-state index in [1.807, 2.05) is 19.0 Å². The molecule has 1 saturated carbocycles. The van der Waals surface area contributed by atoms with Gasteiger partial charge in [0.2, 0.25) is 5.91 Å². The molecule has 1 aliphatic rings. The first kappa shape index (κ1) is 13.0. The molecule has 4 heteroatoms. The summed E-state index contributed by atoms with van der Waals surface area (Å²) in [5.74, 6) is 0.501. The summed E-state index contributed by atoms with van der Waals surface area (Å²) in [5, 5.41) is 9.14. The zero-order valence-corrected chi connectivity index (χ0v) is 10.7. The Morgan fingerprint density at radius 2 is 1.94 bits per heavy atom. The zero-order chi connectivity index (χ0) is 12.3. The van der Waals surface area contributed by atoms with Crippen LogP contribution in [0.4, 0.5) is 0 Å². The molecule has 0 aromatic heterocycles. The van der Waals surface area contributed by atoms with Gasteiger partial charge in [-0.15, -0.1) is 0 Å². The molecule has 0 atom stereocenters. The van der Waals surface area contributed by atoms with E-state index in [1.165, 1.54) is 0 Å². The van der Waals surface area contributed by atoms with Crippen LogP contribution in [-0.4, -0.2) is 49.9 Å². The fourth-order valence-corrected chi connectivity index (χ4v) is 2.26. The molecule has 1 amide bonds. The maximum Gasteiger partial charge on any atom is 0.242 e. The van der Waals surface area contributed by atoms with Crippen LogP contribution in [0.2, 0.25) is 0 Å². The van der Waals surface area contributed by atoms with Crippen LogP contribution in [0, 0.1) is 22.7 Å². The molecule has 0 aromatic carbocycles. The van der Waals surface area contributed by atoms with Crippen LogP contribution >= 0.6 is 0 Å². The molecule has 16 heavy (non-hydrogen) atoms. The summed E-state index contributed by atoms with van der Waals surface area (Å²) < 4.78 is 0. The highest BCUT2D eigenvalue weighted by atomic mass is 16.2. The third-order valence-corrected chi connectivity index (χ3v) is 3.25. The van der Waals surface area contributed by atoms with Gasteiger partial charge in [0, 0.05) is 20.1 Å². The van der Waals surface area contributed by atoms with Crippen molar-refractivity contribution in [2.75, 3.05) is 34.2 Å². The van der Waals surface area contributed by atoms with Gasteiger partial charge in [-0.3, -0.25) is 4.79 Å². The Kier molecular flexibility index (Phi) is 3.93. The van der Waals surface area contributed by atoms with Gasteiger partial charge in [-0.05, 0) is 32.9 Å². The third kappa shape index (κ3) is 2.53. The molecular formula is C12H21N3O. The molecule has 0 radical (unpaired) electrons. The molecular weight excluding hydrogens is 202 g/mol. The number of carbonyl (C=O) groups is 1. The first-order valence-electron chi connectivity index (χ1n) is 5.73. The van der Waals surface area contributed by atoms with Gasteiger partial charge in [-0.2, -0.15) is 5.26 Å². The van der Waals surface area contributed by atoms with Gasteiger partial charge in [0.15, 0.2) is 0 Å². The Hall–Kier alpha value is -1.08. The van der Waals surface area contributed by atoms with Crippen LogP contribution in [0.1, 0.15) is 19.8 Å². The maximum atomic E-state index is 12.1. The van der Waals surface area contributed by atoms with E-state index in [0.717, 1.165) is 6.54 Å². The number of hydrogen-bond acceptors (Lipinski definition) is 3. The van der Waals surface area contributed by atoms with E-state index in [9.17, 15) is 4.79 Å². The van der Waals surface area contributed by atoms with Gasteiger partial charge < -0.3 is 9.80 Å². The SMILES string of the molecule is CC1CC(C#N)(C(=O)N(C)CCN(C)C)C1. The zero-order valence-electron chi connectivity index (χ0n) is 10.7. The second kappa shape index (κ2) is 4.84. The number of likely N-dealkylation sites (N-methyl/N-ethyl adjacent to an activating group) is 2. The molecule has 4 nitrogen and oxygen atoms in total. The molecule has 0 N–H and O–H groups in total. The quantitative estimate of drug-likeness (QED) is 0.713. The number of hydrogen-bond donors (Lipinski definition) is 0. The first-order valence-corrected chi connectivity index (χ1v) is 5.73. The lowest BCUT2D eigenvalue weighted by Crippen LogP contribution is -2.49. The average Bonchev–Trinajstić information content (AvgIpc) is 2.19. The Bertz CT molecular complexity index is 300. The molecule has 0 aromatic rings. The van der Waals surface area contributed by atoms with Crippen LogP contribution in [0.25, 0.3) is 0 Å². The Balaban J connectivity index is 2.53. The molecule has 0 aliphatic heterocycles. The van der Waals surface area contributed by atoms with Crippen molar-refractivity contribution < 1.29 is 4.79 Å². The number of nitrogens with zero attached hydrogens (tertiary/aromatic N) is 3. The van der Waals surface area contributed by atoms with Crippen molar-refractivity contribution in [3.05, 3.63) is 0 Å². The van der Waals surface area contributed by atoms with Crippen LogP contribution in [0.3, 0.4) is 0 Å². The van der Waals surface area contributed by atoms with E-state index in [-0.39, 0.29) is 5.91 Å². The number of carbonyl (C=O) groups excluding carboxylic acids is 1. The van der Waals surface area contributed by atoms with Crippen molar-refractivity contribution in [1.82, 2.24) is 9.80 Å². The monoisotopic (exact) mass is 223 g/mol. The topological polar surface area (TPSA) is 47.3 Å². The molecule has 1 aliphatic carbocycles. The van der Waals surface area contributed by atoms with Crippen LogP contribution in [0.15, 0.2) is 0 Å². The Morgan fingerprint density at radius 1 is 1.38 bits per heavy atom. The third-order valence-electron chi connectivity index (χ3n) is 3.25. The van der Waals surface area contributed by atoms with Crippen LogP contribution < -0.4 is 0 Å². The van der Waals surface area contributed by atoms with Gasteiger partial charge in [-0.25, -0.2) is 0 Å². The molecule has 0 heterocycles. The first-order chi connectivity index (χ1) is 7.41. The predicted octanol–water partition coefficient (Wildman–Crippen LogP) is 0.946. The summed E-state index contributed by atoms with van der Waals surface area (Å²) in [6, 6.07) is 2.21. The number of amides is 1. The fraction of sp³-hybridized carbons (Fsp3) is 0.833. The smallest absolute Gasteiger partial charge is 0.242 e. The second-order valence-electron chi connectivity index (χ2n) is 5.24. The summed E-state index contributed by atoms with van der Waals surface area (Å²) in [6.45, 7) is 3.60. The summed E-state index contributed by atoms with van der Waals surface area (Å²) in [7, 11) is 5.74. The Morgan fingerprint density at radius 3 is 2.31 bits per heavy atom. The number of nitriles is 1. The minimum Gasteiger partial charge on any atom is -0.343 e. The van der Waals surface area contributed by atoms with E-state index in [1.54, 1.807) is 11.9 Å². The second-order valence-corrected chi connectivity index (χ2v) is 5.24. The van der Waals surface area contributed by atoms with Crippen molar-refractivity contribution in [3.63, 3.8) is 0 Å². The van der Waals surface area contributed by atoms with E-state index in [4.69, 9.17) is 5.26 Å². The van der Waals surface area contributed by atoms with Crippen LogP contribution in [-0.2, 0) is 4.79 Å². The molecule has 90 valence electrons. The summed E-state index contributed by atoms with van der Waals surface area (Å²) in [5.41, 5.74) is -0.722. The molecule has 0 unspecified atom stereocenters. The highest BCUT2D eigenvalue weighted by molar-refractivity contribution is 5.86. The van der Waals surface area contributed by atoms with Gasteiger partial charge in [0.05, 0.1) is 6.07 Å². The lowest BCUT2D eigenvalue weighted by atomic mass is 9.63. The summed E-state index contributed by atoms with van der Waals surface area (Å²) >= 11 is 0. The Labute approximate surface area is 97.8 Å². The molecule has 1 rings (SSSR count). The maximum absolute atomic E-state index is 12.1. The van der Waals surface area contributed by atoms with Gasteiger partial charge >= 0.3 is 0 Å². The van der Waals surface area contributed by atoms with Crippen molar-refractivity contribution in [1.29, 1.82) is 5.26 Å². The van der Waals surface area contributed by atoms with E-state index >= 15 is 0 Å². The van der Waals surface area contributed by atoms with Crippen LogP contribution in [0.5, 0.6) is 0 Å². The van der Waals surface area contributed by atoms with Crippen molar-refractivity contribution in [3.8, 4) is 6.07 Å². The molecule has 1 fully saturated rings. The van der Waals surface area contributed by atoms with E-state index < -0.39 is 5.41 Å². The normalized spacial score (nSPS) is 28.4. The molecule has 0 saturated heterocycles. The molecule has 0 bridgehead atoms. The minimum absolute atomic E-state index is 0.00468. The lowest BCUT2D eigenvalue weighted by molar-refractivity contribution is -0.144. The van der Waals surface area contributed by atoms with Crippen molar-refractivity contribution in [2.24, 2.45) is 11.3 Å². The van der Waals surface area contributed by atoms with Gasteiger partial charge in [0.1, 0.15) is 5.41 Å².